The van der Waals surface area contributed by atoms with Crippen molar-refractivity contribution in [3.8, 4) is 23.3 Å². The largest absolute Gasteiger partial charge is 0.457 e. The van der Waals surface area contributed by atoms with Gasteiger partial charge in [0.15, 0.2) is 0 Å². The van der Waals surface area contributed by atoms with Gasteiger partial charge in [0.2, 0.25) is 11.8 Å². The standard InChI is InChI=1S/C30H35N5O2/c1-19-20(2)35-27(32-19)16-26(17-29(35)37-28-14-23(12-13-31-28)30(5,6)7)36-25-11-9-10-24(15-25)34-18-33(8)21(3)22(34)4/h9-17H,18H2,1-8H3. The van der Waals surface area contributed by atoms with E-state index < -0.39 is 0 Å². The number of benzene rings is 1. The number of rotatable bonds is 5. The van der Waals surface area contributed by atoms with Gasteiger partial charge in [-0.05, 0) is 56.9 Å². The second-order valence-electron chi connectivity index (χ2n) is 10.8. The molecule has 1 aliphatic rings. The Balaban J connectivity index is 1.50. The second-order valence-corrected chi connectivity index (χ2v) is 10.8. The lowest BCUT2D eigenvalue weighted by Gasteiger charge is -2.22. The third-order valence-electron chi connectivity index (χ3n) is 7.16. The Morgan fingerprint density at radius 3 is 2.35 bits per heavy atom. The molecule has 0 N–H and O–H groups in total. The first kappa shape index (κ1) is 24.7. The molecule has 1 aliphatic heterocycles. The number of aromatic nitrogens is 3. The molecule has 0 radical (unpaired) electrons. The van der Waals surface area contributed by atoms with Gasteiger partial charge in [-0.1, -0.05) is 26.8 Å². The highest BCUT2D eigenvalue weighted by atomic mass is 16.5. The minimum atomic E-state index is -0.00983. The smallest absolute Gasteiger partial charge is 0.221 e. The van der Waals surface area contributed by atoms with Gasteiger partial charge in [-0.2, -0.15) is 0 Å². The van der Waals surface area contributed by atoms with Crippen LogP contribution in [-0.4, -0.2) is 33.0 Å². The average Bonchev–Trinajstić information content (AvgIpc) is 3.28. The first-order valence-electron chi connectivity index (χ1n) is 12.6. The number of hydrogen-bond acceptors (Lipinski definition) is 6. The summed E-state index contributed by atoms with van der Waals surface area (Å²) in [4.78, 5) is 13.7. The van der Waals surface area contributed by atoms with E-state index in [1.807, 2.05) is 54.6 Å². The fourth-order valence-electron chi connectivity index (χ4n) is 4.56. The molecule has 4 heterocycles. The van der Waals surface area contributed by atoms with Crippen LogP contribution in [0.5, 0.6) is 23.3 Å². The average molecular weight is 498 g/mol. The molecular weight excluding hydrogens is 462 g/mol. The maximum absolute atomic E-state index is 6.37. The predicted molar refractivity (Wildman–Crippen MR) is 148 cm³/mol. The molecule has 0 amide bonds. The number of ether oxygens (including phenoxy) is 2. The van der Waals surface area contributed by atoms with Crippen molar-refractivity contribution in [2.45, 2.75) is 53.9 Å². The van der Waals surface area contributed by atoms with E-state index in [4.69, 9.17) is 14.5 Å². The first-order chi connectivity index (χ1) is 17.5. The van der Waals surface area contributed by atoms with E-state index in [2.05, 4.69) is 68.6 Å². The van der Waals surface area contributed by atoms with Crippen LogP contribution < -0.4 is 14.4 Å². The van der Waals surface area contributed by atoms with Crippen molar-refractivity contribution in [1.82, 2.24) is 19.3 Å². The van der Waals surface area contributed by atoms with E-state index in [-0.39, 0.29) is 5.41 Å². The lowest BCUT2D eigenvalue weighted by atomic mass is 9.88. The first-order valence-corrected chi connectivity index (χ1v) is 12.6. The molecule has 0 bridgehead atoms. The Labute approximate surface area is 219 Å². The van der Waals surface area contributed by atoms with E-state index in [1.165, 1.54) is 11.4 Å². The quantitative estimate of drug-likeness (QED) is 0.291. The lowest BCUT2D eigenvalue weighted by molar-refractivity contribution is 0.425. The Bertz CT molecular complexity index is 1510. The van der Waals surface area contributed by atoms with Crippen molar-refractivity contribution in [1.29, 1.82) is 0 Å². The van der Waals surface area contributed by atoms with Crippen molar-refractivity contribution in [3.05, 3.63) is 83.1 Å². The summed E-state index contributed by atoms with van der Waals surface area (Å²) in [5, 5.41) is 0. The fourth-order valence-corrected chi connectivity index (χ4v) is 4.56. The number of allylic oxidation sites excluding steroid dienone is 2. The summed E-state index contributed by atoms with van der Waals surface area (Å²) in [7, 11) is 2.11. The van der Waals surface area contributed by atoms with Crippen molar-refractivity contribution in [2.75, 3.05) is 18.6 Å². The Hall–Kier alpha value is -4.00. The highest BCUT2D eigenvalue weighted by Crippen LogP contribution is 2.35. The molecule has 0 saturated carbocycles. The van der Waals surface area contributed by atoms with Gasteiger partial charge >= 0.3 is 0 Å². The molecule has 0 saturated heterocycles. The van der Waals surface area contributed by atoms with Crippen LogP contribution in [0.3, 0.4) is 0 Å². The molecule has 4 aromatic rings. The summed E-state index contributed by atoms with van der Waals surface area (Å²) in [6.07, 6.45) is 1.79. The van der Waals surface area contributed by atoms with E-state index in [0.717, 1.165) is 40.7 Å². The van der Waals surface area contributed by atoms with Crippen LogP contribution in [0.2, 0.25) is 0 Å². The third kappa shape index (κ3) is 4.73. The second kappa shape index (κ2) is 9.14. The van der Waals surface area contributed by atoms with E-state index >= 15 is 0 Å². The molecule has 1 aromatic carbocycles. The number of aryl methyl sites for hydroxylation is 2. The number of hydrogen-bond donors (Lipinski definition) is 0. The van der Waals surface area contributed by atoms with Gasteiger partial charge in [-0.3, -0.25) is 4.40 Å². The summed E-state index contributed by atoms with van der Waals surface area (Å²) in [6.45, 7) is 15.7. The van der Waals surface area contributed by atoms with E-state index in [9.17, 15) is 0 Å². The Morgan fingerprint density at radius 1 is 0.865 bits per heavy atom. The molecule has 0 atom stereocenters. The Kier molecular flexibility index (Phi) is 6.10. The number of anilines is 1. The summed E-state index contributed by atoms with van der Waals surface area (Å²) in [5.74, 6) is 2.55. The summed E-state index contributed by atoms with van der Waals surface area (Å²) >= 11 is 0. The number of pyridine rings is 2. The van der Waals surface area contributed by atoms with Gasteiger partial charge in [0, 0.05) is 60.3 Å². The van der Waals surface area contributed by atoms with Gasteiger partial charge in [-0.25, -0.2) is 9.97 Å². The highest BCUT2D eigenvalue weighted by Gasteiger charge is 2.22. The number of fused-ring (bicyclic) bond motifs is 1. The number of imidazole rings is 1. The molecule has 37 heavy (non-hydrogen) atoms. The molecule has 0 aliphatic carbocycles. The van der Waals surface area contributed by atoms with Gasteiger partial charge in [0.05, 0.1) is 12.4 Å². The molecule has 7 heteroatoms. The van der Waals surface area contributed by atoms with Crippen molar-refractivity contribution < 1.29 is 9.47 Å². The molecule has 5 rings (SSSR count). The normalized spacial score (nSPS) is 14.2. The highest BCUT2D eigenvalue weighted by molar-refractivity contribution is 5.58. The fraction of sp³-hybridized carbons (Fsp3) is 0.333. The van der Waals surface area contributed by atoms with Crippen LogP contribution in [0.25, 0.3) is 5.65 Å². The minimum absolute atomic E-state index is 0.00983. The minimum Gasteiger partial charge on any atom is -0.457 e. The van der Waals surface area contributed by atoms with Gasteiger partial charge in [0.25, 0.3) is 0 Å². The van der Waals surface area contributed by atoms with Crippen molar-refractivity contribution in [2.24, 2.45) is 0 Å². The van der Waals surface area contributed by atoms with E-state index in [0.29, 0.717) is 17.5 Å². The SMILES string of the molecule is CC1=C(C)N(c2cccc(Oc3cc(Oc4cc(C(C)(C)C)ccn4)n4c(C)c(C)nc4c3)c2)CN1C. The van der Waals surface area contributed by atoms with Crippen LogP contribution in [0.15, 0.2) is 66.1 Å². The topological polar surface area (TPSA) is 55.1 Å². The molecule has 0 fully saturated rings. The van der Waals surface area contributed by atoms with Gasteiger partial charge in [-0.15, -0.1) is 0 Å². The van der Waals surface area contributed by atoms with Crippen LogP contribution in [-0.2, 0) is 5.41 Å². The zero-order valence-corrected chi connectivity index (χ0v) is 23.0. The van der Waals surface area contributed by atoms with Gasteiger partial charge < -0.3 is 19.3 Å². The third-order valence-corrected chi connectivity index (χ3v) is 7.16. The van der Waals surface area contributed by atoms with Crippen LogP contribution in [0.1, 0.15) is 51.6 Å². The summed E-state index contributed by atoms with van der Waals surface area (Å²) < 4.78 is 14.7. The summed E-state index contributed by atoms with van der Waals surface area (Å²) in [6, 6.07) is 16.0. The van der Waals surface area contributed by atoms with E-state index in [1.54, 1.807) is 6.20 Å². The maximum atomic E-state index is 6.37. The van der Waals surface area contributed by atoms with Crippen molar-refractivity contribution in [3.63, 3.8) is 0 Å². The van der Waals surface area contributed by atoms with Crippen LogP contribution in [0.4, 0.5) is 5.69 Å². The predicted octanol–water partition coefficient (Wildman–Crippen LogP) is 7.19. The van der Waals surface area contributed by atoms with Crippen molar-refractivity contribution >= 4 is 11.3 Å². The molecule has 192 valence electrons. The molecular formula is C30H35N5O2. The molecule has 0 unspecified atom stereocenters. The number of nitrogens with zero attached hydrogens (tertiary/aromatic N) is 5. The molecule has 0 spiro atoms. The molecule has 3 aromatic heterocycles. The monoisotopic (exact) mass is 497 g/mol. The van der Waals surface area contributed by atoms with Gasteiger partial charge in [0.1, 0.15) is 17.1 Å². The molecule has 7 nitrogen and oxygen atoms in total. The summed E-state index contributed by atoms with van der Waals surface area (Å²) in [5.41, 5.74) is 7.47. The lowest BCUT2D eigenvalue weighted by Crippen LogP contribution is -2.24. The zero-order valence-electron chi connectivity index (χ0n) is 23.0. The Morgan fingerprint density at radius 2 is 1.65 bits per heavy atom. The van der Waals surface area contributed by atoms with Crippen LogP contribution in [0, 0.1) is 13.8 Å². The zero-order chi connectivity index (χ0) is 26.5. The maximum Gasteiger partial charge on any atom is 0.221 e. The van der Waals surface area contributed by atoms with Crippen LogP contribution >= 0.6 is 0 Å².